The van der Waals surface area contributed by atoms with Crippen LogP contribution >= 0.6 is 0 Å². The van der Waals surface area contributed by atoms with E-state index in [0.717, 1.165) is 37.2 Å². The number of nitrogens with zero attached hydrogens (tertiary/aromatic N) is 1. The van der Waals surface area contributed by atoms with Gasteiger partial charge in [0.15, 0.2) is 0 Å². The molecule has 0 unspecified atom stereocenters. The van der Waals surface area contributed by atoms with Gasteiger partial charge in [-0.3, -0.25) is 0 Å². The molecule has 0 saturated carbocycles. The lowest BCUT2D eigenvalue weighted by Crippen LogP contribution is -2.20. The zero-order valence-corrected chi connectivity index (χ0v) is 10.1. The lowest BCUT2D eigenvalue weighted by molar-refractivity contribution is -0.137. The summed E-state index contributed by atoms with van der Waals surface area (Å²) in [4.78, 5) is 2.05. The molecule has 0 aromatic heterocycles. The van der Waals surface area contributed by atoms with E-state index in [1.54, 1.807) is 6.92 Å². The molecular formula is C13H16F3N. The van der Waals surface area contributed by atoms with E-state index < -0.39 is 11.7 Å². The Morgan fingerprint density at radius 3 is 2.18 bits per heavy atom. The summed E-state index contributed by atoms with van der Waals surface area (Å²) in [7, 11) is 0. The smallest absolute Gasteiger partial charge is 0.371 e. The maximum absolute atomic E-state index is 12.7. The van der Waals surface area contributed by atoms with Crippen LogP contribution in [-0.4, -0.2) is 13.1 Å². The average molecular weight is 243 g/mol. The van der Waals surface area contributed by atoms with Crippen molar-refractivity contribution in [2.45, 2.75) is 32.9 Å². The van der Waals surface area contributed by atoms with Gasteiger partial charge in [-0.1, -0.05) is 0 Å². The van der Waals surface area contributed by atoms with Gasteiger partial charge >= 0.3 is 6.18 Å². The first-order chi connectivity index (χ1) is 7.89. The molecule has 1 nitrogen and oxygen atoms in total. The van der Waals surface area contributed by atoms with Crippen LogP contribution in [0.15, 0.2) is 12.1 Å². The summed E-state index contributed by atoms with van der Waals surface area (Å²) in [6, 6.07) is 2.52. The second-order valence-corrected chi connectivity index (χ2v) is 4.63. The predicted octanol–water partition coefficient (Wildman–Crippen LogP) is 3.92. The van der Waals surface area contributed by atoms with Crippen molar-refractivity contribution in [1.29, 1.82) is 0 Å². The standard InChI is InChI=1S/C13H16F3N/c1-9-7-11(13(14,15)16)8-12(10(9)2)17-5-3-4-6-17/h7-8H,3-6H2,1-2H3. The molecule has 1 aromatic rings. The van der Waals surface area contributed by atoms with Crippen molar-refractivity contribution in [1.82, 2.24) is 0 Å². The fourth-order valence-corrected chi connectivity index (χ4v) is 2.29. The number of halogens is 3. The van der Waals surface area contributed by atoms with Gasteiger partial charge < -0.3 is 4.90 Å². The van der Waals surface area contributed by atoms with Crippen LogP contribution in [0.25, 0.3) is 0 Å². The van der Waals surface area contributed by atoms with Gasteiger partial charge in [0.05, 0.1) is 5.56 Å². The highest BCUT2D eigenvalue weighted by Crippen LogP contribution is 2.35. The van der Waals surface area contributed by atoms with Gasteiger partial charge in [0.25, 0.3) is 0 Å². The summed E-state index contributed by atoms with van der Waals surface area (Å²) in [6.07, 6.45) is -2.13. The van der Waals surface area contributed by atoms with Gasteiger partial charge in [0.2, 0.25) is 0 Å². The molecule has 1 fully saturated rings. The molecule has 1 aliphatic heterocycles. The van der Waals surface area contributed by atoms with Gasteiger partial charge in [-0.15, -0.1) is 0 Å². The minimum Gasteiger partial charge on any atom is -0.371 e. The largest absolute Gasteiger partial charge is 0.416 e. The molecule has 1 aliphatic rings. The molecule has 0 radical (unpaired) electrons. The summed E-state index contributed by atoms with van der Waals surface area (Å²) < 4.78 is 38.2. The SMILES string of the molecule is Cc1cc(C(F)(F)F)cc(N2CCCC2)c1C. The molecule has 0 aliphatic carbocycles. The normalized spacial score (nSPS) is 16.6. The van der Waals surface area contributed by atoms with Crippen LogP contribution in [0.2, 0.25) is 0 Å². The summed E-state index contributed by atoms with van der Waals surface area (Å²) in [5.41, 5.74) is 1.87. The molecule has 0 spiro atoms. The van der Waals surface area contributed by atoms with E-state index >= 15 is 0 Å². The molecule has 1 heterocycles. The zero-order valence-electron chi connectivity index (χ0n) is 10.1. The van der Waals surface area contributed by atoms with E-state index in [4.69, 9.17) is 0 Å². The Hall–Kier alpha value is -1.19. The summed E-state index contributed by atoms with van der Waals surface area (Å²) in [5.74, 6) is 0. The number of anilines is 1. The molecule has 0 amide bonds. The molecule has 2 rings (SSSR count). The summed E-state index contributed by atoms with van der Waals surface area (Å²) in [5, 5.41) is 0. The molecule has 17 heavy (non-hydrogen) atoms. The van der Waals surface area contributed by atoms with Gasteiger partial charge in [-0.2, -0.15) is 13.2 Å². The Morgan fingerprint density at radius 1 is 1.06 bits per heavy atom. The molecule has 1 aromatic carbocycles. The van der Waals surface area contributed by atoms with Crippen LogP contribution < -0.4 is 4.90 Å². The molecule has 0 N–H and O–H groups in total. The number of alkyl halides is 3. The Bertz CT molecular complexity index is 417. The quantitative estimate of drug-likeness (QED) is 0.722. The summed E-state index contributed by atoms with van der Waals surface area (Å²) in [6.45, 7) is 5.36. The Labute approximate surface area is 99.2 Å². The lowest BCUT2D eigenvalue weighted by atomic mass is 10.0. The number of rotatable bonds is 1. The highest BCUT2D eigenvalue weighted by Gasteiger charge is 2.32. The molecule has 94 valence electrons. The Kier molecular flexibility index (Phi) is 3.06. The molecule has 1 saturated heterocycles. The topological polar surface area (TPSA) is 3.24 Å². The number of benzene rings is 1. The zero-order chi connectivity index (χ0) is 12.6. The fraction of sp³-hybridized carbons (Fsp3) is 0.538. The highest BCUT2D eigenvalue weighted by molar-refractivity contribution is 5.59. The molecular weight excluding hydrogens is 227 g/mol. The third-order valence-electron chi connectivity index (χ3n) is 3.41. The van der Waals surface area contributed by atoms with Crippen molar-refractivity contribution in [3.63, 3.8) is 0 Å². The first-order valence-electron chi connectivity index (χ1n) is 5.83. The van der Waals surface area contributed by atoms with Crippen molar-refractivity contribution in [3.8, 4) is 0 Å². The van der Waals surface area contributed by atoms with E-state index in [1.807, 2.05) is 6.92 Å². The van der Waals surface area contributed by atoms with Crippen LogP contribution in [0.3, 0.4) is 0 Å². The predicted molar refractivity (Wildman–Crippen MR) is 62.4 cm³/mol. The van der Waals surface area contributed by atoms with Crippen LogP contribution in [0.1, 0.15) is 29.5 Å². The second kappa shape index (κ2) is 4.24. The molecule has 4 heteroatoms. The molecule has 0 atom stereocenters. The minimum absolute atomic E-state index is 0.539. The minimum atomic E-state index is -4.26. The van der Waals surface area contributed by atoms with E-state index in [9.17, 15) is 13.2 Å². The lowest BCUT2D eigenvalue weighted by Gasteiger charge is -2.23. The Balaban J connectivity index is 2.46. The van der Waals surface area contributed by atoms with Crippen LogP contribution in [0.5, 0.6) is 0 Å². The van der Waals surface area contributed by atoms with Gasteiger partial charge in [-0.25, -0.2) is 0 Å². The third kappa shape index (κ3) is 2.40. The van der Waals surface area contributed by atoms with Gasteiger partial charge in [0, 0.05) is 18.8 Å². The number of aryl methyl sites for hydroxylation is 1. The first kappa shape index (κ1) is 12.3. The third-order valence-corrected chi connectivity index (χ3v) is 3.41. The second-order valence-electron chi connectivity index (χ2n) is 4.63. The van der Waals surface area contributed by atoms with Crippen molar-refractivity contribution in [2.75, 3.05) is 18.0 Å². The average Bonchev–Trinajstić information content (AvgIpc) is 2.73. The number of hydrogen-bond donors (Lipinski definition) is 0. The van der Waals surface area contributed by atoms with Crippen LogP contribution in [-0.2, 0) is 6.18 Å². The maximum atomic E-state index is 12.7. The number of hydrogen-bond acceptors (Lipinski definition) is 1. The fourth-order valence-electron chi connectivity index (χ4n) is 2.29. The Morgan fingerprint density at radius 2 is 1.65 bits per heavy atom. The van der Waals surface area contributed by atoms with Gasteiger partial charge in [-0.05, 0) is 49.9 Å². The van der Waals surface area contributed by atoms with Crippen LogP contribution in [0.4, 0.5) is 18.9 Å². The van der Waals surface area contributed by atoms with E-state index in [1.165, 1.54) is 12.1 Å². The monoisotopic (exact) mass is 243 g/mol. The van der Waals surface area contributed by atoms with E-state index in [2.05, 4.69) is 4.90 Å². The summed E-state index contributed by atoms with van der Waals surface area (Å²) >= 11 is 0. The van der Waals surface area contributed by atoms with E-state index in [-0.39, 0.29) is 0 Å². The van der Waals surface area contributed by atoms with Crippen molar-refractivity contribution in [3.05, 3.63) is 28.8 Å². The van der Waals surface area contributed by atoms with Crippen LogP contribution in [0, 0.1) is 13.8 Å². The van der Waals surface area contributed by atoms with Crippen molar-refractivity contribution < 1.29 is 13.2 Å². The van der Waals surface area contributed by atoms with Crippen molar-refractivity contribution >= 4 is 5.69 Å². The molecule has 0 bridgehead atoms. The highest BCUT2D eigenvalue weighted by atomic mass is 19.4. The maximum Gasteiger partial charge on any atom is 0.416 e. The van der Waals surface area contributed by atoms with E-state index in [0.29, 0.717) is 5.56 Å². The van der Waals surface area contributed by atoms with Crippen molar-refractivity contribution in [2.24, 2.45) is 0 Å². The first-order valence-corrected chi connectivity index (χ1v) is 5.83. The van der Waals surface area contributed by atoms with Gasteiger partial charge in [0.1, 0.15) is 0 Å².